The summed E-state index contributed by atoms with van der Waals surface area (Å²) in [6, 6.07) is 24.4. The van der Waals surface area contributed by atoms with Crippen molar-refractivity contribution in [1.82, 2.24) is 10.7 Å². The lowest BCUT2D eigenvalue weighted by molar-refractivity contribution is -0.120. The van der Waals surface area contributed by atoms with Gasteiger partial charge in [0.25, 0.3) is 11.8 Å². The summed E-state index contributed by atoms with van der Waals surface area (Å²) < 4.78 is 16.2. The molecule has 0 aromatic heterocycles. The standard InChI is InChI=1S/C30H27N3O6/c1-3-38-23-14-12-22(13-15-23)30(36)39-26-16-11-20(17-27(26)37-2)18-32-33-28(34)19-31-29(35)25-10-6-8-21-7-4-5-9-24(21)25/h4-18H,3,19H2,1-2H3,(H,31,35)(H,33,34)/b32-18-. The van der Waals surface area contributed by atoms with Crippen LogP contribution in [0.5, 0.6) is 17.2 Å². The van der Waals surface area contributed by atoms with Crippen molar-refractivity contribution in [1.29, 1.82) is 0 Å². The van der Waals surface area contributed by atoms with E-state index in [1.165, 1.54) is 13.3 Å². The largest absolute Gasteiger partial charge is 0.494 e. The smallest absolute Gasteiger partial charge is 0.343 e. The Morgan fingerprint density at radius 2 is 1.67 bits per heavy atom. The number of amides is 2. The maximum absolute atomic E-state index is 12.6. The Labute approximate surface area is 225 Å². The molecule has 0 atom stereocenters. The maximum atomic E-state index is 12.6. The fourth-order valence-electron chi connectivity index (χ4n) is 3.76. The molecule has 0 unspecified atom stereocenters. The number of fused-ring (bicyclic) bond motifs is 1. The third kappa shape index (κ3) is 6.98. The number of rotatable bonds is 10. The summed E-state index contributed by atoms with van der Waals surface area (Å²) in [5.74, 6) is -0.190. The van der Waals surface area contributed by atoms with Gasteiger partial charge in [-0.2, -0.15) is 5.10 Å². The van der Waals surface area contributed by atoms with E-state index in [1.807, 2.05) is 37.3 Å². The van der Waals surface area contributed by atoms with Crippen LogP contribution in [0, 0.1) is 0 Å². The normalized spacial score (nSPS) is 10.7. The molecule has 9 heteroatoms. The van der Waals surface area contributed by atoms with E-state index in [2.05, 4.69) is 15.8 Å². The summed E-state index contributed by atoms with van der Waals surface area (Å²) >= 11 is 0. The summed E-state index contributed by atoms with van der Waals surface area (Å²) in [6.07, 6.45) is 1.41. The van der Waals surface area contributed by atoms with E-state index in [0.717, 1.165) is 10.8 Å². The Morgan fingerprint density at radius 3 is 2.44 bits per heavy atom. The molecule has 0 saturated heterocycles. The predicted octanol–water partition coefficient (Wildman–Crippen LogP) is 4.35. The van der Waals surface area contributed by atoms with Gasteiger partial charge in [-0.3, -0.25) is 9.59 Å². The van der Waals surface area contributed by atoms with Crippen molar-refractivity contribution in [2.75, 3.05) is 20.3 Å². The lowest BCUT2D eigenvalue weighted by Gasteiger charge is -2.10. The first kappa shape index (κ1) is 26.9. The highest BCUT2D eigenvalue weighted by molar-refractivity contribution is 6.07. The van der Waals surface area contributed by atoms with E-state index in [9.17, 15) is 14.4 Å². The molecular formula is C30H27N3O6. The van der Waals surface area contributed by atoms with Crippen molar-refractivity contribution in [3.8, 4) is 17.2 Å². The summed E-state index contributed by atoms with van der Waals surface area (Å²) in [6.45, 7) is 2.16. The maximum Gasteiger partial charge on any atom is 0.343 e. The van der Waals surface area contributed by atoms with E-state index in [-0.39, 0.29) is 18.2 Å². The van der Waals surface area contributed by atoms with Crippen molar-refractivity contribution < 1.29 is 28.6 Å². The lowest BCUT2D eigenvalue weighted by atomic mass is 10.0. The topological polar surface area (TPSA) is 115 Å². The van der Waals surface area contributed by atoms with Crippen LogP contribution in [0.2, 0.25) is 0 Å². The van der Waals surface area contributed by atoms with Crippen molar-refractivity contribution in [3.05, 3.63) is 102 Å². The Bertz CT molecular complexity index is 1510. The molecule has 0 fully saturated rings. The number of ether oxygens (including phenoxy) is 3. The summed E-state index contributed by atoms with van der Waals surface area (Å²) in [7, 11) is 1.45. The first-order valence-electron chi connectivity index (χ1n) is 12.2. The second kappa shape index (κ2) is 12.9. The summed E-state index contributed by atoms with van der Waals surface area (Å²) in [5, 5.41) is 8.27. The number of nitrogens with zero attached hydrogens (tertiary/aromatic N) is 1. The van der Waals surface area contributed by atoms with Crippen LogP contribution in [0.3, 0.4) is 0 Å². The average Bonchev–Trinajstić information content (AvgIpc) is 2.96. The minimum absolute atomic E-state index is 0.230. The van der Waals surface area contributed by atoms with Crippen LogP contribution in [-0.4, -0.2) is 44.3 Å². The Morgan fingerprint density at radius 1 is 0.897 bits per heavy atom. The van der Waals surface area contributed by atoms with Gasteiger partial charge < -0.3 is 19.5 Å². The van der Waals surface area contributed by atoms with Gasteiger partial charge in [0.15, 0.2) is 11.5 Å². The van der Waals surface area contributed by atoms with E-state index in [1.54, 1.807) is 54.6 Å². The first-order chi connectivity index (χ1) is 19.0. The highest BCUT2D eigenvalue weighted by atomic mass is 16.6. The second-order valence-electron chi connectivity index (χ2n) is 8.26. The lowest BCUT2D eigenvalue weighted by Crippen LogP contribution is -2.35. The SMILES string of the molecule is CCOc1ccc(C(=O)Oc2ccc(/C=N\NC(=O)CNC(=O)c3cccc4ccccc34)cc2OC)cc1. The number of methoxy groups -OCH3 is 1. The molecule has 198 valence electrons. The third-order valence-corrected chi connectivity index (χ3v) is 5.64. The van der Waals surface area contributed by atoms with Crippen LogP contribution in [-0.2, 0) is 4.79 Å². The summed E-state index contributed by atoms with van der Waals surface area (Å²) in [4.78, 5) is 37.3. The molecule has 4 rings (SSSR count). The number of carbonyl (C=O) groups is 3. The van der Waals surface area contributed by atoms with Gasteiger partial charge in [0.1, 0.15) is 5.75 Å². The molecule has 0 saturated carbocycles. The highest BCUT2D eigenvalue weighted by Gasteiger charge is 2.14. The molecule has 0 heterocycles. The molecule has 0 aliphatic carbocycles. The average molecular weight is 526 g/mol. The molecule has 4 aromatic rings. The number of hydrogen-bond donors (Lipinski definition) is 2. The molecule has 2 N–H and O–H groups in total. The van der Waals surface area contributed by atoms with Crippen molar-refractivity contribution in [2.24, 2.45) is 5.10 Å². The predicted molar refractivity (Wildman–Crippen MR) is 148 cm³/mol. The fourth-order valence-corrected chi connectivity index (χ4v) is 3.76. The van der Waals surface area contributed by atoms with Crippen molar-refractivity contribution in [2.45, 2.75) is 6.92 Å². The Balaban J connectivity index is 1.31. The molecule has 0 spiro atoms. The van der Waals surface area contributed by atoms with Gasteiger partial charge in [0, 0.05) is 5.56 Å². The minimum Gasteiger partial charge on any atom is -0.494 e. The van der Waals surface area contributed by atoms with Gasteiger partial charge in [0.2, 0.25) is 0 Å². The van der Waals surface area contributed by atoms with E-state index < -0.39 is 11.9 Å². The fraction of sp³-hybridized carbons (Fsp3) is 0.133. The second-order valence-corrected chi connectivity index (χ2v) is 8.26. The number of benzene rings is 4. The van der Waals surface area contributed by atoms with Gasteiger partial charge >= 0.3 is 5.97 Å². The quantitative estimate of drug-likeness (QED) is 0.138. The minimum atomic E-state index is -0.546. The number of nitrogens with one attached hydrogen (secondary N) is 2. The van der Waals surface area contributed by atoms with E-state index >= 15 is 0 Å². The highest BCUT2D eigenvalue weighted by Crippen LogP contribution is 2.28. The Hall–Kier alpha value is -5.18. The van der Waals surface area contributed by atoms with E-state index in [0.29, 0.717) is 34.8 Å². The molecular weight excluding hydrogens is 498 g/mol. The Kier molecular flexibility index (Phi) is 8.87. The monoisotopic (exact) mass is 525 g/mol. The van der Waals surface area contributed by atoms with Gasteiger partial charge in [0.05, 0.1) is 32.0 Å². The number of carbonyl (C=O) groups excluding carboxylic acids is 3. The van der Waals surface area contributed by atoms with Gasteiger partial charge in [-0.15, -0.1) is 0 Å². The van der Waals surface area contributed by atoms with Crippen LogP contribution in [0.1, 0.15) is 33.2 Å². The van der Waals surface area contributed by atoms with Crippen molar-refractivity contribution >= 4 is 34.8 Å². The van der Waals surface area contributed by atoms with Crippen LogP contribution < -0.4 is 25.0 Å². The van der Waals surface area contributed by atoms with Gasteiger partial charge in [-0.05, 0) is 71.8 Å². The molecule has 0 bridgehead atoms. The number of hydrogen-bond acceptors (Lipinski definition) is 7. The molecule has 0 aliphatic heterocycles. The molecule has 0 aliphatic rings. The number of esters is 1. The number of hydrazone groups is 1. The van der Waals surface area contributed by atoms with Crippen LogP contribution >= 0.6 is 0 Å². The molecule has 2 amide bonds. The first-order valence-corrected chi connectivity index (χ1v) is 12.2. The third-order valence-electron chi connectivity index (χ3n) is 5.64. The van der Waals surface area contributed by atoms with Gasteiger partial charge in [-0.1, -0.05) is 36.4 Å². The molecule has 9 nitrogen and oxygen atoms in total. The van der Waals surface area contributed by atoms with E-state index in [4.69, 9.17) is 14.2 Å². The zero-order chi connectivity index (χ0) is 27.6. The zero-order valence-electron chi connectivity index (χ0n) is 21.5. The molecule has 0 radical (unpaired) electrons. The van der Waals surface area contributed by atoms with Crippen LogP contribution in [0.25, 0.3) is 10.8 Å². The molecule has 4 aromatic carbocycles. The van der Waals surface area contributed by atoms with Crippen molar-refractivity contribution in [3.63, 3.8) is 0 Å². The summed E-state index contributed by atoms with van der Waals surface area (Å²) in [5.41, 5.74) is 3.81. The molecule has 39 heavy (non-hydrogen) atoms. The zero-order valence-corrected chi connectivity index (χ0v) is 21.5. The van der Waals surface area contributed by atoms with Crippen LogP contribution in [0.4, 0.5) is 0 Å². The van der Waals surface area contributed by atoms with Crippen LogP contribution in [0.15, 0.2) is 90.0 Å². The van der Waals surface area contributed by atoms with Gasteiger partial charge in [-0.25, -0.2) is 10.2 Å².